The van der Waals surface area contributed by atoms with Gasteiger partial charge in [0.15, 0.2) is 5.13 Å². The van der Waals surface area contributed by atoms with Crippen LogP contribution in [0.25, 0.3) is 0 Å². The Bertz CT molecular complexity index is 894. The van der Waals surface area contributed by atoms with Crippen molar-refractivity contribution in [2.75, 3.05) is 11.9 Å². The zero-order valence-corrected chi connectivity index (χ0v) is 16.7. The van der Waals surface area contributed by atoms with Crippen LogP contribution in [0.4, 0.5) is 14.3 Å². The zero-order chi connectivity index (χ0) is 19.8. The van der Waals surface area contributed by atoms with Gasteiger partial charge in [0, 0.05) is 22.9 Å². The Labute approximate surface area is 165 Å². The molecular weight excluding hydrogens is 393 g/mol. The van der Waals surface area contributed by atoms with E-state index in [4.69, 9.17) is 16.3 Å². The van der Waals surface area contributed by atoms with Crippen LogP contribution >= 0.6 is 22.9 Å². The van der Waals surface area contributed by atoms with Crippen molar-refractivity contribution in [2.24, 2.45) is 0 Å². The summed E-state index contributed by atoms with van der Waals surface area (Å²) in [5.41, 5.74) is 0.155. The second kappa shape index (κ2) is 7.44. The second-order valence-electron chi connectivity index (χ2n) is 7.12. The van der Waals surface area contributed by atoms with E-state index in [1.807, 2.05) is 20.8 Å². The molecule has 0 unspecified atom stereocenters. The highest BCUT2D eigenvalue weighted by Crippen LogP contribution is 2.29. The van der Waals surface area contributed by atoms with Gasteiger partial charge >= 0.3 is 6.09 Å². The average Bonchev–Trinajstić information content (AvgIpc) is 2.94. The number of halogens is 2. The Morgan fingerprint density at radius 1 is 1.37 bits per heavy atom. The minimum Gasteiger partial charge on any atom is -0.444 e. The lowest BCUT2D eigenvalue weighted by Crippen LogP contribution is -2.39. The molecule has 2 heterocycles. The molecule has 27 heavy (non-hydrogen) atoms. The van der Waals surface area contributed by atoms with Gasteiger partial charge in [-0.15, -0.1) is 0 Å². The highest BCUT2D eigenvalue weighted by atomic mass is 35.5. The Balaban J connectivity index is 1.69. The Morgan fingerprint density at radius 2 is 2.11 bits per heavy atom. The first-order valence-corrected chi connectivity index (χ1v) is 9.55. The molecule has 6 nitrogen and oxygen atoms in total. The van der Waals surface area contributed by atoms with Crippen molar-refractivity contribution in [3.8, 4) is 0 Å². The molecule has 2 amide bonds. The molecule has 2 aromatic rings. The minimum absolute atomic E-state index is 0.108. The van der Waals surface area contributed by atoms with Gasteiger partial charge in [-0.25, -0.2) is 14.2 Å². The SMILES string of the molecule is CC(C)(C)OC(=O)N1CCc2nc(NC(=O)c3ccc(Cl)cc3F)sc2C1. The van der Waals surface area contributed by atoms with Gasteiger partial charge in [-0.3, -0.25) is 10.1 Å². The fourth-order valence-electron chi connectivity index (χ4n) is 2.57. The van der Waals surface area contributed by atoms with Gasteiger partial charge in [0.2, 0.25) is 0 Å². The third kappa shape index (κ3) is 4.75. The van der Waals surface area contributed by atoms with E-state index in [9.17, 15) is 14.0 Å². The maximum absolute atomic E-state index is 13.9. The van der Waals surface area contributed by atoms with Crippen molar-refractivity contribution in [1.82, 2.24) is 9.88 Å². The quantitative estimate of drug-likeness (QED) is 0.790. The van der Waals surface area contributed by atoms with Gasteiger partial charge in [0.05, 0.1) is 17.8 Å². The summed E-state index contributed by atoms with van der Waals surface area (Å²) in [5, 5.41) is 3.19. The molecule has 1 aromatic carbocycles. The van der Waals surface area contributed by atoms with Crippen LogP contribution in [-0.2, 0) is 17.7 Å². The fraction of sp³-hybridized carbons (Fsp3) is 0.389. The van der Waals surface area contributed by atoms with Crippen LogP contribution in [0.2, 0.25) is 5.02 Å². The van der Waals surface area contributed by atoms with Crippen molar-refractivity contribution in [1.29, 1.82) is 0 Å². The first kappa shape index (κ1) is 19.6. The number of fused-ring (bicyclic) bond motifs is 1. The summed E-state index contributed by atoms with van der Waals surface area (Å²) < 4.78 is 19.3. The first-order chi connectivity index (χ1) is 12.6. The van der Waals surface area contributed by atoms with Crippen LogP contribution in [0.3, 0.4) is 0 Å². The van der Waals surface area contributed by atoms with Crippen molar-refractivity contribution in [2.45, 2.75) is 39.3 Å². The molecular formula is C18H19ClFN3O3S. The maximum Gasteiger partial charge on any atom is 0.410 e. The van der Waals surface area contributed by atoms with Crippen molar-refractivity contribution in [3.05, 3.63) is 45.2 Å². The topological polar surface area (TPSA) is 71.5 Å². The number of rotatable bonds is 2. The van der Waals surface area contributed by atoms with Gasteiger partial charge in [0.25, 0.3) is 5.91 Å². The molecule has 0 bridgehead atoms. The lowest BCUT2D eigenvalue weighted by molar-refractivity contribution is 0.0225. The van der Waals surface area contributed by atoms with Crippen molar-refractivity contribution in [3.63, 3.8) is 0 Å². The summed E-state index contributed by atoms with van der Waals surface area (Å²) in [6.07, 6.45) is 0.186. The van der Waals surface area contributed by atoms with Crippen molar-refractivity contribution < 1.29 is 18.7 Å². The van der Waals surface area contributed by atoms with E-state index in [1.54, 1.807) is 4.90 Å². The molecule has 0 saturated carbocycles. The molecule has 144 valence electrons. The number of aromatic nitrogens is 1. The average molecular weight is 412 g/mol. The number of anilines is 1. The summed E-state index contributed by atoms with van der Waals surface area (Å²) in [7, 11) is 0. The first-order valence-electron chi connectivity index (χ1n) is 8.35. The number of amides is 2. The lowest BCUT2D eigenvalue weighted by atomic mass is 10.2. The van der Waals surface area contributed by atoms with Gasteiger partial charge in [-0.05, 0) is 39.0 Å². The van der Waals surface area contributed by atoms with E-state index in [1.165, 1.54) is 23.5 Å². The predicted molar refractivity (Wildman–Crippen MR) is 102 cm³/mol. The highest BCUT2D eigenvalue weighted by molar-refractivity contribution is 7.15. The van der Waals surface area contributed by atoms with Gasteiger partial charge < -0.3 is 9.64 Å². The number of hydrogen-bond acceptors (Lipinski definition) is 5. The number of benzene rings is 1. The monoisotopic (exact) mass is 411 g/mol. The van der Waals surface area contributed by atoms with Crippen LogP contribution < -0.4 is 5.32 Å². The zero-order valence-electron chi connectivity index (χ0n) is 15.1. The molecule has 9 heteroatoms. The number of carbonyl (C=O) groups is 2. The van der Waals surface area contributed by atoms with E-state index < -0.39 is 17.3 Å². The van der Waals surface area contributed by atoms with Crippen molar-refractivity contribution >= 4 is 40.1 Å². The normalized spacial score (nSPS) is 13.9. The number of thiazole rings is 1. The largest absolute Gasteiger partial charge is 0.444 e. The summed E-state index contributed by atoms with van der Waals surface area (Å²) in [6, 6.07) is 3.86. The van der Waals surface area contributed by atoms with E-state index in [2.05, 4.69) is 10.3 Å². The molecule has 1 aromatic heterocycles. The standard InChI is InChI=1S/C18H19ClFN3O3S/c1-18(2,3)26-17(25)23-7-6-13-14(9-23)27-16(21-13)22-15(24)11-5-4-10(19)8-12(11)20/h4-5,8H,6-7,9H2,1-3H3,(H,21,22,24). The van der Waals surface area contributed by atoms with Gasteiger partial charge in [-0.1, -0.05) is 22.9 Å². The third-order valence-corrected chi connectivity index (χ3v) is 5.01. The number of nitrogens with zero attached hydrogens (tertiary/aromatic N) is 2. The molecule has 0 atom stereocenters. The second-order valence-corrected chi connectivity index (χ2v) is 8.64. The summed E-state index contributed by atoms with van der Waals surface area (Å²) in [6.45, 7) is 6.31. The fourth-order valence-corrected chi connectivity index (χ4v) is 3.75. The number of hydrogen-bond donors (Lipinski definition) is 1. The molecule has 0 radical (unpaired) electrons. The van der Waals surface area contributed by atoms with Gasteiger partial charge in [0.1, 0.15) is 11.4 Å². The smallest absolute Gasteiger partial charge is 0.410 e. The Kier molecular flexibility index (Phi) is 5.39. The molecule has 0 saturated heterocycles. The lowest BCUT2D eigenvalue weighted by Gasteiger charge is -2.29. The van der Waals surface area contributed by atoms with E-state index in [0.29, 0.717) is 24.6 Å². The molecule has 1 aliphatic rings. The molecule has 1 N–H and O–H groups in total. The minimum atomic E-state index is -0.697. The Hall–Kier alpha value is -2.19. The van der Waals surface area contributed by atoms with Crippen LogP contribution in [0, 0.1) is 5.82 Å². The third-order valence-electron chi connectivity index (χ3n) is 3.78. The highest BCUT2D eigenvalue weighted by Gasteiger charge is 2.28. The summed E-state index contributed by atoms with van der Waals surface area (Å²) >= 11 is 6.97. The Morgan fingerprint density at radius 3 is 2.78 bits per heavy atom. The molecule has 0 fully saturated rings. The number of carbonyl (C=O) groups excluding carboxylic acids is 2. The van der Waals surface area contributed by atoms with Crippen LogP contribution in [-0.4, -0.2) is 34.0 Å². The predicted octanol–water partition coefficient (Wildman–Crippen LogP) is 4.48. The maximum atomic E-state index is 13.9. The molecule has 0 spiro atoms. The van der Waals surface area contributed by atoms with E-state index in [-0.39, 0.29) is 16.7 Å². The van der Waals surface area contributed by atoms with Gasteiger partial charge in [-0.2, -0.15) is 0 Å². The van der Waals surface area contributed by atoms with Crippen LogP contribution in [0.5, 0.6) is 0 Å². The number of ether oxygens (including phenoxy) is 1. The summed E-state index contributed by atoms with van der Waals surface area (Å²) in [4.78, 5) is 31.4. The molecule has 1 aliphatic heterocycles. The van der Waals surface area contributed by atoms with Crippen LogP contribution in [0.1, 0.15) is 41.7 Å². The number of nitrogens with one attached hydrogen (secondary N) is 1. The van der Waals surface area contributed by atoms with E-state index in [0.717, 1.165) is 16.6 Å². The molecule has 0 aliphatic carbocycles. The van der Waals surface area contributed by atoms with E-state index >= 15 is 0 Å². The summed E-state index contributed by atoms with van der Waals surface area (Å²) in [5.74, 6) is -1.29. The van der Waals surface area contributed by atoms with Crippen LogP contribution in [0.15, 0.2) is 18.2 Å². The molecule has 3 rings (SSSR count).